The highest BCUT2D eigenvalue weighted by molar-refractivity contribution is 7.22. The number of aromatic nitrogens is 1. The minimum atomic E-state index is 0.108. The van der Waals surface area contributed by atoms with Crippen LogP contribution in [0.25, 0.3) is 10.2 Å². The highest BCUT2D eigenvalue weighted by Crippen LogP contribution is 2.34. The van der Waals surface area contributed by atoms with E-state index in [-0.39, 0.29) is 11.8 Å². The third-order valence-corrected chi connectivity index (χ3v) is 5.91. The number of benzene rings is 1. The SMILES string of the molecule is COc1ccc2sc(N3CC(C(=O)NC4CCCC4)C3)nc2c1. The van der Waals surface area contributed by atoms with Crippen LogP contribution in [-0.4, -0.2) is 37.1 Å². The molecule has 1 aliphatic carbocycles. The molecule has 1 N–H and O–H groups in total. The summed E-state index contributed by atoms with van der Waals surface area (Å²) >= 11 is 1.67. The lowest BCUT2D eigenvalue weighted by Gasteiger charge is -2.38. The maximum Gasteiger partial charge on any atom is 0.226 e. The Morgan fingerprint density at radius 2 is 2.13 bits per heavy atom. The molecule has 2 heterocycles. The maximum absolute atomic E-state index is 12.2. The number of carbonyl (C=O) groups excluding carboxylic acids is 1. The van der Waals surface area contributed by atoms with Crippen LogP contribution < -0.4 is 15.0 Å². The van der Waals surface area contributed by atoms with Crippen LogP contribution in [0.15, 0.2) is 18.2 Å². The highest BCUT2D eigenvalue weighted by Gasteiger charge is 2.35. The van der Waals surface area contributed by atoms with E-state index in [0.29, 0.717) is 6.04 Å². The highest BCUT2D eigenvalue weighted by atomic mass is 32.1. The molecule has 5 nitrogen and oxygen atoms in total. The van der Waals surface area contributed by atoms with Crippen LogP contribution >= 0.6 is 11.3 Å². The van der Waals surface area contributed by atoms with E-state index in [1.165, 1.54) is 12.8 Å². The Bertz CT molecular complexity index is 718. The van der Waals surface area contributed by atoms with Crippen molar-refractivity contribution in [1.29, 1.82) is 0 Å². The molecule has 1 saturated heterocycles. The molecule has 0 bridgehead atoms. The molecule has 1 saturated carbocycles. The van der Waals surface area contributed by atoms with E-state index in [0.717, 1.165) is 47.0 Å². The van der Waals surface area contributed by atoms with E-state index < -0.39 is 0 Å². The normalized spacial score (nSPS) is 19.1. The fourth-order valence-corrected chi connectivity index (χ4v) is 4.31. The first-order valence-electron chi connectivity index (χ1n) is 8.23. The third kappa shape index (κ3) is 2.87. The van der Waals surface area contributed by atoms with Crippen molar-refractivity contribution in [3.63, 3.8) is 0 Å². The van der Waals surface area contributed by atoms with E-state index in [1.807, 2.05) is 18.2 Å². The Kier molecular flexibility index (Phi) is 3.85. The van der Waals surface area contributed by atoms with E-state index in [1.54, 1.807) is 18.4 Å². The quantitative estimate of drug-likeness (QED) is 0.936. The summed E-state index contributed by atoms with van der Waals surface area (Å²) in [6.45, 7) is 1.55. The van der Waals surface area contributed by atoms with Gasteiger partial charge in [0.15, 0.2) is 5.13 Å². The molecule has 2 aliphatic rings. The first-order valence-corrected chi connectivity index (χ1v) is 9.04. The van der Waals surface area contributed by atoms with E-state index in [2.05, 4.69) is 15.2 Å². The van der Waals surface area contributed by atoms with Crippen LogP contribution in [0.2, 0.25) is 0 Å². The molecular formula is C17H21N3O2S. The van der Waals surface area contributed by atoms with Gasteiger partial charge in [0.25, 0.3) is 0 Å². The van der Waals surface area contributed by atoms with Crippen molar-refractivity contribution < 1.29 is 9.53 Å². The van der Waals surface area contributed by atoms with Crippen LogP contribution in [-0.2, 0) is 4.79 Å². The smallest absolute Gasteiger partial charge is 0.226 e. The van der Waals surface area contributed by atoms with Gasteiger partial charge < -0.3 is 15.0 Å². The summed E-state index contributed by atoms with van der Waals surface area (Å²) in [6.07, 6.45) is 4.78. The van der Waals surface area contributed by atoms with Crippen LogP contribution in [0.1, 0.15) is 25.7 Å². The topological polar surface area (TPSA) is 54.5 Å². The van der Waals surface area contributed by atoms with Crippen molar-refractivity contribution in [2.24, 2.45) is 5.92 Å². The lowest BCUT2D eigenvalue weighted by molar-refractivity contribution is -0.126. The molecule has 0 radical (unpaired) electrons. The lowest BCUT2D eigenvalue weighted by Crippen LogP contribution is -2.55. The molecule has 1 aromatic heterocycles. The zero-order valence-electron chi connectivity index (χ0n) is 13.2. The van der Waals surface area contributed by atoms with Crippen molar-refractivity contribution in [2.75, 3.05) is 25.1 Å². The molecule has 2 fully saturated rings. The fraction of sp³-hybridized carbons (Fsp3) is 0.529. The number of hydrogen-bond acceptors (Lipinski definition) is 5. The van der Waals surface area contributed by atoms with Gasteiger partial charge in [-0.1, -0.05) is 24.2 Å². The summed E-state index contributed by atoms with van der Waals surface area (Å²) < 4.78 is 6.39. The van der Waals surface area contributed by atoms with Crippen LogP contribution in [0, 0.1) is 5.92 Å². The summed E-state index contributed by atoms with van der Waals surface area (Å²) in [4.78, 5) is 19.1. The molecule has 0 spiro atoms. The summed E-state index contributed by atoms with van der Waals surface area (Å²) in [7, 11) is 1.66. The van der Waals surface area contributed by atoms with E-state index in [4.69, 9.17) is 4.74 Å². The van der Waals surface area contributed by atoms with Crippen LogP contribution in [0.4, 0.5) is 5.13 Å². The third-order valence-electron chi connectivity index (χ3n) is 4.81. The van der Waals surface area contributed by atoms with Gasteiger partial charge in [-0.3, -0.25) is 4.79 Å². The summed E-state index contributed by atoms with van der Waals surface area (Å²) in [5.74, 6) is 1.15. The van der Waals surface area contributed by atoms with Gasteiger partial charge >= 0.3 is 0 Å². The average Bonchev–Trinajstić information content (AvgIpc) is 3.13. The average molecular weight is 331 g/mol. The van der Waals surface area contributed by atoms with Crippen LogP contribution in [0.5, 0.6) is 5.75 Å². The van der Waals surface area contributed by atoms with Gasteiger partial charge in [-0.2, -0.15) is 0 Å². The van der Waals surface area contributed by atoms with Gasteiger partial charge in [0.2, 0.25) is 5.91 Å². The molecule has 1 amide bonds. The van der Waals surface area contributed by atoms with Crippen molar-refractivity contribution in [2.45, 2.75) is 31.7 Å². The molecule has 1 aromatic carbocycles. The monoisotopic (exact) mass is 331 g/mol. The molecule has 0 unspecified atom stereocenters. The zero-order valence-corrected chi connectivity index (χ0v) is 14.1. The molecule has 122 valence electrons. The number of amides is 1. The molecule has 1 aliphatic heterocycles. The molecule has 23 heavy (non-hydrogen) atoms. The number of anilines is 1. The number of nitrogens with one attached hydrogen (secondary N) is 1. The predicted octanol–water partition coefficient (Wildman–Crippen LogP) is 2.80. The predicted molar refractivity (Wildman–Crippen MR) is 92.3 cm³/mol. The summed E-state index contributed by atoms with van der Waals surface area (Å²) in [5, 5.41) is 4.19. The zero-order chi connectivity index (χ0) is 15.8. The number of thiazole rings is 1. The van der Waals surface area contributed by atoms with Gasteiger partial charge in [0.05, 0.1) is 23.2 Å². The number of hydrogen-bond donors (Lipinski definition) is 1. The fourth-order valence-electron chi connectivity index (χ4n) is 3.35. The lowest BCUT2D eigenvalue weighted by atomic mass is 9.99. The van der Waals surface area contributed by atoms with Gasteiger partial charge in [-0.05, 0) is 25.0 Å². The minimum absolute atomic E-state index is 0.108. The number of rotatable bonds is 4. The first kappa shape index (κ1) is 14.8. The Balaban J connectivity index is 1.38. The number of ether oxygens (including phenoxy) is 1. The second-order valence-electron chi connectivity index (χ2n) is 6.42. The van der Waals surface area contributed by atoms with E-state index >= 15 is 0 Å². The van der Waals surface area contributed by atoms with E-state index in [9.17, 15) is 4.79 Å². The van der Waals surface area contributed by atoms with Crippen molar-refractivity contribution in [1.82, 2.24) is 10.3 Å². The van der Waals surface area contributed by atoms with Gasteiger partial charge in [-0.25, -0.2) is 4.98 Å². The number of nitrogens with zero attached hydrogens (tertiary/aromatic N) is 2. The summed E-state index contributed by atoms with van der Waals surface area (Å²) in [6, 6.07) is 6.36. The van der Waals surface area contributed by atoms with Crippen molar-refractivity contribution in [3.8, 4) is 5.75 Å². The largest absolute Gasteiger partial charge is 0.497 e. The Morgan fingerprint density at radius 3 is 2.87 bits per heavy atom. The molecule has 0 atom stereocenters. The maximum atomic E-state index is 12.2. The van der Waals surface area contributed by atoms with Gasteiger partial charge in [-0.15, -0.1) is 0 Å². The minimum Gasteiger partial charge on any atom is -0.497 e. The first-order chi connectivity index (χ1) is 11.2. The Morgan fingerprint density at radius 1 is 1.35 bits per heavy atom. The molecular weight excluding hydrogens is 310 g/mol. The molecule has 2 aromatic rings. The second-order valence-corrected chi connectivity index (χ2v) is 7.43. The summed E-state index contributed by atoms with van der Waals surface area (Å²) in [5.41, 5.74) is 0.961. The number of carbonyl (C=O) groups is 1. The number of fused-ring (bicyclic) bond motifs is 1. The Hall–Kier alpha value is -1.82. The van der Waals surface area contributed by atoms with Crippen molar-refractivity contribution in [3.05, 3.63) is 18.2 Å². The van der Waals surface area contributed by atoms with Crippen LogP contribution in [0.3, 0.4) is 0 Å². The standard InChI is InChI=1S/C17H21N3O2S/c1-22-13-6-7-15-14(8-13)19-17(23-15)20-9-11(10-20)16(21)18-12-4-2-3-5-12/h6-8,11-12H,2-5,9-10H2,1H3,(H,18,21). The molecule has 6 heteroatoms. The molecule has 4 rings (SSSR count). The van der Waals surface area contributed by atoms with Gasteiger partial charge in [0, 0.05) is 25.2 Å². The second kappa shape index (κ2) is 6.00. The number of methoxy groups -OCH3 is 1. The van der Waals surface area contributed by atoms with Gasteiger partial charge in [0.1, 0.15) is 5.75 Å². The van der Waals surface area contributed by atoms with Crippen molar-refractivity contribution >= 4 is 32.6 Å². The Labute approximate surface area is 139 Å².